The van der Waals surface area contributed by atoms with E-state index in [1.807, 2.05) is 61.7 Å². The van der Waals surface area contributed by atoms with Gasteiger partial charge in [0.2, 0.25) is 5.91 Å². The number of thiazole rings is 1. The summed E-state index contributed by atoms with van der Waals surface area (Å²) in [6.45, 7) is 3.85. The summed E-state index contributed by atoms with van der Waals surface area (Å²) in [5.41, 5.74) is 4.74. The quantitative estimate of drug-likeness (QED) is 0.590. The number of hydrogen-bond acceptors (Lipinski definition) is 4. The Morgan fingerprint density at radius 3 is 2.68 bits per heavy atom. The Morgan fingerprint density at radius 1 is 1.20 bits per heavy atom. The van der Waals surface area contributed by atoms with Gasteiger partial charge in [0, 0.05) is 33.8 Å². The molecular formula is C19H18ClN3OS. The van der Waals surface area contributed by atoms with E-state index in [-0.39, 0.29) is 5.91 Å². The highest BCUT2D eigenvalue weighted by Crippen LogP contribution is 2.30. The number of aryl methyl sites for hydroxylation is 1. The lowest BCUT2D eigenvalue weighted by Crippen LogP contribution is -2.08. The summed E-state index contributed by atoms with van der Waals surface area (Å²) in [6.07, 6.45) is 0.464. The molecule has 128 valence electrons. The fourth-order valence-electron chi connectivity index (χ4n) is 2.28. The van der Waals surface area contributed by atoms with E-state index in [2.05, 4.69) is 15.6 Å². The van der Waals surface area contributed by atoms with Gasteiger partial charge in [-0.3, -0.25) is 4.79 Å². The number of carbonyl (C=O) groups is 1. The first kappa shape index (κ1) is 17.5. The first-order valence-corrected chi connectivity index (χ1v) is 9.20. The molecule has 6 heteroatoms. The average Bonchev–Trinajstić information content (AvgIpc) is 3.07. The number of benzene rings is 2. The van der Waals surface area contributed by atoms with Gasteiger partial charge in [-0.15, -0.1) is 11.3 Å². The highest BCUT2D eigenvalue weighted by Gasteiger charge is 2.07. The number of nitrogens with one attached hydrogen (secondary N) is 2. The second-order valence-electron chi connectivity index (χ2n) is 5.60. The van der Waals surface area contributed by atoms with Gasteiger partial charge in [0.1, 0.15) is 0 Å². The molecule has 0 radical (unpaired) electrons. The fourth-order valence-corrected chi connectivity index (χ4v) is 3.19. The molecule has 4 nitrogen and oxygen atoms in total. The van der Waals surface area contributed by atoms with E-state index in [0.717, 1.165) is 33.3 Å². The van der Waals surface area contributed by atoms with E-state index in [9.17, 15) is 4.79 Å². The van der Waals surface area contributed by atoms with E-state index in [0.29, 0.717) is 11.4 Å². The van der Waals surface area contributed by atoms with Gasteiger partial charge < -0.3 is 10.6 Å². The zero-order valence-corrected chi connectivity index (χ0v) is 15.5. The van der Waals surface area contributed by atoms with Crippen LogP contribution in [0.1, 0.15) is 18.9 Å². The van der Waals surface area contributed by atoms with Gasteiger partial charge in [0.15, 0.2) is 5.13 Å². The van der Waals surface area contributed by atoms with E-state index in [1.165, 1.54) is 11.3 Å². The summed E-state index contributed by atoms with van der Waals surface area (Å²) in [5.74, 6) is 0.00443. The van der Waals surface area contributed by atoms with Crippen molar-refractivity contribution in [3.05, 3.63) is 58.4 Å². The van der Waals surface area contributed by atoms with Crippen LogP contribution in [0.2, 0.25) is 5.02 Å². The first-order chi connectivity index (χ1) is 12.0. The second-order valence-corrected chi connectivity index (χ2v) is 6.90. The van der Waals surface area contributed by atoms with Crippen LogP contribution in [0, 0.1) is 6.92 Å². The minimum absolute atomic E-state index is 0.00443. The van der Waals surface area contributed by atoms with Gasteiger partial charge >= 0.3 is 0 Å². The number of amides is 1. The molecule has 0 aliphatic heterocycles. The summed E-state index contributed by atoms with van der Waals surface area (Å²) in [5, 5.41) is 9.65. The van der Waals surface area contributed by atoms with Gasteiger partial charge in [0.05, 0.1) is 5.69 Å². The molecule has 0 unspecified atom stereocenters. The van der Waals surface area contributed by atoms with Crippen molar-refractivity contribution in [2.75, 3.05) is 10.6 Å². The minimum Gasteiger partial charge on any atom is -0.331 e. The molecule has 0 atom stereocenters. The monoisotopic (exact) mass is 371 g/mol. The molecule has 0 spiro atoms. The van der Waals surface area contributed by atoms with Gasteiger partial charge in [-0.05, 0) is 36.8 Å². The third-order valence-corrected chi connectivity index (χ3v) is 4.72. The lowest BCUT2D eigenvalue weighted by molar-refractivity contribution is -0.115. The summed E-state index contributed by atoms with van der Waals surface area (Å²) in [4.78, 5) is 16.1. The normalized spacial score (nSPS) is 10.5. The maximum Gasteiger partial charge on any atom is 0.224 e. The topological polar surface area (TPSA) is 54.0 Å². The highest BCUT2D eigenvalue weighted by atomic mass is 35.5. The average molecular weight is 372 g/mol. The largest absolute Gasteiger partial charge is 0.331 e. The van der Waals surface area contributed by atoms with Crippen molar-refractivity contribution >= 4 is 45.4 Å². The van der Waals surface area contributed by atoms with Crippen molar-refractivity contribution in [3.63, 3.8) is 0 Å². The predicted molar refractivity (Wildman–Crippen MR) is 106 cm³/mol. The molecule has 0 fully saturated rings. The summed E-state index contributed by atoms with van der Waals surface area (Å²) < 4.78 is 0. The number of nitrogens with zero attached hydrogens (tertiary/aromatic N) is 1. The lowest BCUT2D eigenvalue weighted by Gasteiger charge is -2.07. The summed E-state index contributed by atoms with van der Waals surface area (Å²) >= 11 is 7.60. The molecule has 25 heavy (non-hydrogen) atoms. The van der Waals surface area contributed by atoms with E-state index < -0.39 is 0 Å². The molecule has 0 aliphatic rings. The van der Waals surface area contributed by atoms with Crippen molar-refractivity contribution in [2.45, 2.75) is 20.3 Å². The zero-order valence-electron chi connectivity index (χ0n) is 14.0. The Bertz CT molecular complexity index is 890. The Hall–Kier alpha value is -2.37. The summed E-state index contributed by atoms with van der Waals surface area (Å²) in [6, 6.07) is 13.4. The SMILES string of the molecule is CCC(=O)Nc1ccc(-c2csc(Nc3cc(Cl)ccc3C)n2)cc1. The smallest absolute Gasteiger partial charge is 0.224 e. The number of aromatic nitrogens is 1. The number of hydrogen-bond donors (Lipinski definition) is 2. The highest BCUT2D eigenvalue weighted by molar-refractivity contribution is 7.14. The second kappa shape index (κ2) is 7.68. The molecular weight excluding hydrogens is 354 g/mol. The molecule has 0 saturated carbocycles. The maximum absolute atomic E-state index is 11.4. The number of anilines is 3. The van der Waals surface area contributed by atoms with Crippen molar-refractivity contribution in [1.82, 2.24) is 4.98 Å². The zero-order chi connectivity index (χ0) is 17.8. The Labute approximate surface area is 155 Å². The fraction of sp³-hybridized carbons (Fsp3) is 0.158. The van der Waals surface area contributed by atoms with Crippen LogP contribution < -0.4 is 10.6 Å². The molecule has 2 N–H and O–H groups in total. The van der Waals surface area contributed by atoms with E-state index in [4.69, 9.17) is 11.6 Å². The van der Waals surface area contributed by atoms with Crippen molar-refractivity contribution in [2.24, 2.45) is 0 Å². The number of carbonyl (C=O) groups excluding carboxylic acids is 1. The van der Waals surface area contributed by atoms with Crippen LogP contribution in [0.5, 0.6) is 0 Å². The van der Waals surface area contributed by atoms with Crippen LogP contribution in [-0.4, -0.2) is 10.9 Å². The molecule has 1 heterocycles. The minimum atomic E-state index is 0.00443. The Balaban J connectivity index is 1.75. The molecule has 3 aromatic rings. The molecule has 3 rings (SSSR count). The number of rotatable bonds is 5. The molecule has 0 saturated heterocycles. The standard InChI is InChI=1S/C19H18ClN3OS/c1-3-18(24)21-15-8-5-13(6-9-15)17-11-25-19(23-17)22-16-10-14(20)7-4-12(16)2/h4-11H,3H2,1-2H3,(H,21,24)(H,22,23). The third-order valence-electron chi connectivity index (χ3n) is 3.73. The van der Waals surface area contributed by atoms with Crippen LogP contribution in [0.25, 0.3) is 11.3 Å². The van der Waals surface area contributed by atoms with Gasteiger partial charge in [-0.2, -0.15) is 0 Å². The van der Waals surface area contributed by atoms with Crippen molar-refractivity contribution in [3.8, 4) is 11.3 Å². The first-order valence-electron chi connectivity index (χ1n) is 7.94. The third kappa shape index (κ3) is 4.38. The molecule has 0 aliphatic carbocycles. The maximum atomic E-state index is 11.4. The van der Waals surface area contributed by atoms with Gasteiger partial charge in [-0.25, -0.2) is 4.98 Å². The van der Waals surface area contributed by atoms with Crippen molar-refractivity contribution < 1.29 is 4.79 Å². The van der Waals surface area contributed by atoms with Crippen LogP contribution in [0.15, 0.2) is 47.8 Å². The molecule has 1 aromatic heterocycles. The molecule has 1 amide bonds. The van der Waals surface area contributed by atoms with E-state index >= 15 is 0 Å². The number of halogens is 1. The predicted octanol–water partition coefficient (Wildman–Crippen LogP) is 5.86. The Kier molecular flexibility index (Phi) is 5.36. The molecule has 0 bridgehead atoms. The van der Waals surface area contributed by atoms with Gasteiger partial charge in [0.25, 0.3) is 0 Å². The lowest BCUT2D eigenvalue weighted by atomic mass is 10.1. The van der Waals surface area contributed by atoms with Crippen LogP contribution >= 0.6 is 22.9 Å². The van der Waals surface area contributed by atoms with Crippen LogP contribution in [-0.2, 0) is 4.79 Å². The van der Waals surface area contributed by atoms with Gasteiger partial charge in [-0.1, -0.05) is 36.7 Å². The summed E-state index contributed by atoms with van der Waals surface area (Å²) in [7, 11) is 0. The molecule has 2 aromatic carbocycles. The Morgan fingerprint density at radius 2 is 1.96 bits per heavy atom. The van der Waals surface area contributed by atoms with Crippen LogP contribution in [0.4, 0.5) is 16.5 Å². The van der Waals surface area contributed by atoms with E-state index in [1.54, 1.807) is 0 Å². The van der Waals surface area contributed by atoms with Crippen molar-refractivity contribution in [1.29, 1.82) is 0 Å². The van der Waals surface area contributed by atoms with Crippen LogP contribution in [0.3, 0.4) is 0 Å².